The predicted molar refractivity (Wildman–Crippen MR) is 120 cm³/mol. The van der Waals surface area contributed by atoms with Crippen LogP contribution >= 0.6 is 0 Å². The molecule has 2 heterocycles. The van der Waals surface area contributed by atoms with E-state index in [-0.39, 0.29) is 18.2 Å². The number of aromatic nitrogens is 2. The van der Waals surface area contributed by atoms with Gasteiger partial charge in [-0.05, 0) is 57.7 Å². The van der Waals surface area contributed by atoms with Crippen LogP contribution in [-0.2, 0) is 11.2 Å². The molecule has 172 valence electrons. The van der Waals surface area contributed by atoms with Gasteiger partial charge in [0.05, 0.1) is 23.9 Å². The Labute approximate surface area is 184 Å². The summed E-state index contributed by atoms with van der Waals surface area (Å²) in [5.41, 5.74) is 9.96. The van der Waals surface area contributed by atoms with Gasteiger partial charge in [-0.3, -0.25) is 0 Å². The Balaban J connectivity index is 0.000000293. The number of halogens is 2. The van der Waals surface area contributed by atoms with Gasteiger partial charge in [0.2, 0.25) is 0 Å². The van der Waals surface area contributed by atoms with Gasteiger partial charge >= 0.3 is 0 Å². The van der Waals surface area contributed by atoms with Crippen LogP contribution in [0.15, 0.2) is 30.6 Å². The van der Waals surface area contributed by atoms with E-state index in [9.17, 15) is 8.78 Å². The minimum Gasteiger partial charge on any atom is -0.400 e. The summed E-state index contributed by atoms with van der Waals surface area (Å²) < 4.78 is 31.4. The number of ether oxygens (including phenoxy) is 1. The minimum atomic E-state index is -0.862. The van der Waals surface area contributed by atoms with E-state index < -0.39 is 11.6 Å². The number of aliphatic hydroxyl groups excluding tert-OH is 1. The molecule has 0 bridgehead atoms. The fourth-order valence-corrected chi connectivity index (χ4v) is 3.38. The van der Waals surface area contributed by atoms with Crippen LogP contribution in [-0.4, -0.2) is 34.4 Å². The van der Waals surface area contributed by atoms with E-state index in [1.165, 1.54) is 11.6 Å². The van der Waals surface area contributed by atoms with Gasteiger partial charge in [-0.15, -0.1) is 0 Å². The fraction of sp³-hybridized carbons (Fsp3) is 0.500. The Hall–Kier alpha value is -2.22. The molecule has 5 nitrogen and oxygen atoms in total. The van der Waals surface area contributed by atoms with Crippen LogP contribution in [0.5, 0.6) is 0 Å². The molecule has 3 unspecified atom stereocenters. The van der Waals surface area contributed by atoms with Gasteiger partial charge in [-0.2, -0.15) is 0 Å². The molecule has 7 heteroatoms. The number of benzene rings is 1. The normalized spacial score (nSPS) is 18.7. The Morgan fingerprint density at radius 3 is 2.48 bits per heavy atom. The summed E-state index contributed by atoms with van der Waals surface area (Å²) in [7, 11) is 1.00. The van der Waals surface area contributed by atoms with Crippen molar-refractivity contribution in [1.29, 1.82) is 0 Å². The van der Waals surface area contributed by atoms with Gasteiger partial charge in [-0.1, -0.05) is 31.6 Å². The van der Waals surface area contributed by atoms with Gasteiger partial charge in [-0.25, -0.2) is 18.7 Å². The molecule has 2 aromatic rings. The highest BCUT2D eigenvalue weighted by Gasteiger charge is 2.28. The quantitative estimate of drug-likeness (QED) is 0.697. The van der Waals surface area contributed by atoms with Crippen LogP contribution in [0.1, 0.15) is 68.6 Å². The largest absolute Gasteiger partial charge is 0.400 e. The molecule has 0 aliphatic carbocycles. The van der Waals surface area contributed by atoms with Crippen molar-refractivity contribution >= 4 is 6.08 Å². The maximum Gasteiger partial charge on any atom is 0.159 e. The van der Waals surface area contributed by atoms with E-state index in [1.54, 1.807) is 6.33 Å². The molecule has 3 rings (SSSR count). The molecule has 1 aromatic carbocycles. The second-order valence-corrected chi connectivity index (χ2v) is 7.33. The first-order chi connectivity index (χ1) is 14.9. The van der Waals surface area contributed by atoms with Gasteiger partial charge in [0.15, 0.2) is 11.6 Å². The standard InChI is InChI=1S/C12H15F2NO.C11H16N2.CH4O/c1-7-2-5-11(16-7)12(15)8-3-4-9(13)10(14)6-8;1-4-6-10-9(3)12-8-13-11(10)7-5-2;1-2/h3-4,6-7,11-12H,2,5,15H2,1H3;4,6,8H,5,7H2,1-3H3;2H,1H3/b;6-4-;. The lowest BCUT2D eigenvalue weighted by atomic mass is 10.00. The number of nitrogens with zero attached hydrogens (tertiary/aromatic N) is 2. The van der Waals surface area contributed by atoms with E-state index in [0.717, 1.165) is 56.3 Å². The molecule has 0 saturated carbocycles. The summed E-state index contributed by atoms with van der Waals surface area (Å²) in [6.45, 7) is 8.19. The van der Waals surface area contributed by atoms with Crippen molar-refractivity contribution < 1.29 is 18.6 Å². The Kier molecular flexibility index (Phi) is 12.1. The first-order valence-corrected chi connectivity index (χ1v) is 10.6. The molecule has 1 aliphatic heterocycles. The highest BCUT2D eigenvalue weighted by Crippen LogP contribution is 2.29. The van der Waals surface area contributed by atoms with Gasteiger partial charge in [0.1, 0.15) is 6.33 Å². The van der Waals surface area contributed by atoms with Crippen molar-refractivity contribution in [2.75, 3.05) is 7.11 Å². The van der Waals surface area contributed by atoms with Gasteiger partial charge in [0.25, 0.3) is 0 Å². The molecule has 1 aliphatic rings. The summed E-state index contributed by atoms with van der Waals surface area (Å²) in [5, 5.41) is 7.00. The lowest BCUT2D eigenvalue weighted by molar-refractivity contribution is 0.0400. The molecule has 31 heavy (non-hydrogen) atoms. The van der Waals surface area contributed by atoms with Crippen molar-refractivity contribution in [2.45, 2.75) is 71.6 Å². The number of hydrogen-bond acceptors (Lipinski definition) is 5. The minimum absolute atomic E-state index is 0.0974. The van der Waals surface area contributed by atoms with Crippen molar-refractivity contribution in [3.8, 4) is 0 Å². The van der Waals surface area contributed by atoms with Crippen molar-refractivity contribution in [3.05, 3.63) is 64.8 Å². The SMILES string of the molecule is C/C=C\c1c(C)ncnc1CCC.CC1CCC(C(N)c2ccc(F)c(F)c2)O1.CO. The second kappa shape index (κ2) is 14.0. The topological polar surface area (TPSA) is 81.3 Å². The third-order valence-electron chi connectivity index (χ3n) is 4.98. The average Bonchev–Trinajstić information content (AvgIpc) is 3.20. The molecule has 3 atom stereocenters. The number of rotatable bonds is 5. The molecule has 3 N–H and O–H groups in total. The maximum atomic E-state index is 13.0. The van der Waals surface area contributed by atoms with Crippen LogP contribution in [0.4, 0.5) is 8.78 Å². The Morgan fingerprint density at radius 1 is 1.23 bits per heavy atom. The molecular formula is C24H35F2N3O2. The van der Waals surface area contributed by atoms with Crippen molar-refractivity contribution in [1.82, 2.24) is 9.97 Å². The van der Waals surface area contributed by atoms with E-state index in [1.807, 2.05) is 26.8 Å². The third kappa shape index (κ3) is 8.09. The number of nitrogens with two attached hydrogens (primary N) is 1. The average molecular weight is 436 g/mol. The van der Waals surface area contributed by atoms with Crippen LogP contribution in [0.25, 0.3) is 6.08 Å². The zero-order valence-corrected chi connectivity index (χ0v) is 19.1. The van der Waals surface area contributed by atoms with Crippen LogP contribution in [0, 0.1) is 18.6 Å². The molecule has 0 spiro atoms. The summed E-state index contributed by atoms with van der Waals surface area (Å²) >= 11 is 0. The highest BCUT2D eigenvalue weighted by molar-refractivity contribution is 5.53. The highest BCUT2D eigenvalue weighted by atomic mass is 19.2. The lowest BCUT2D eigenvalue weighted by Crippen LogP contribution is -2.26. The predicted octanol–water partition coefficient (Wildman–Crippen LogP) is 4.91. The van der Waals surface area contributed by atoms with E-state index in [2.05, 4.69) is 23.0 Å². The van der Waals surface area contributed by atoms with E-state index in [4.69, 9.17) is 15.6 Å². The molecule has 0 radical (unpaired) electrons. The molecule has 1 saturated heterocycles. The molecule has 1 fully saturated rings. The first kappa shape index (κ1) is 26.8. The summed E-state index contributed by atoms with van der Waals surface area (Å²) in [6.07, 6.45) is 9.84. The molecular weight excluding hydrogens is 400 g/mol. The molecule has 1 aromatic heterocycles. The summed E-state index contributed by atoms with van der Waals surface area (Å²) in [4.78, 5) is 8.46. The van der Waals surface area contributed by atoms with Crippen LogP contribution in [0.3, 0.4) is 0 Å². The smallest absolute Gasteiger partial charge is 0.159 e. The van der Waals surface area contributed by atoms with E-state index >= 15 is 0 Å². The molecule has 0 amide bonds. The maximum absolute atomic E-state index is 13.0. The zero-order valence-electron chi connectivity index (χ0n) is 19.1. The number of aryl methyl sites for hydroxylation is 2. The van der Waals surface area contributed by atoms with Crippen LogP contribution < -0.4 is 5.73 Å². The Bertz CT molecular complexity index is 830. The zero-order chi connectivity index (χ0) is 23.4. The summed E-state index contributed by atoms with van der Waals surface area (Å²) in [6, 6.07) is 3.37. The monoisotopic (exact) mass is 435 g/mol. The van der Waals surface area contributed by atoms with Crippen LogP contribution in [0.2, 0.25) is 0 Å². The number of allylic oxidation sites excluding steroid dienone is 1. The third-order valence-corrected chi connectivity index (χ3v) is 4.98. The fourth-order valence-electron chi connectivity index (χ4n) is 3.38. The van der Waals surface area contributed by atoms with Crippen molar-refractivity contribution in [2.24, 2.45) is 5.73 Å². The number of aliphatic hydroxyl groups is 1. The van der Waals surface area contributed by atoms with E-state index in [0.29, 0.717) is 5.56 Å². The van der Waals surface area contributed by atoms with Crippen molar-refractivity contribution in [3.63, 3.8) is 0 Å². The van der Waals surface area contributed by atoms with Gasteiger partial charge in [0, 0.05) is 18.4 Å². The first-order valence-electron chi connectivity index (χ1n) is 10.6. The summed E-state index contributed by atoms with van der Waals surface area (Å²) in [5.74, 6) is -1.71. The Morgan fingerprint density at radius 2 is 1.94 bits per heavy atom. The second-order valence-electron chi connectivity index (χ2n) is 7.33. The van der Waals surface area contributed by atoms with Gasteiger partial charge < -0.3 is 15.6 Å². The number of hydrogen-bond donors (Lipinski definition) is 2. The lowest BCUT2D eigenvalue weighted by Gasteiger charge is -2.19.